The Morgan fingerprint density at radius 1 is 1.12 bits per heavy atom. The topological polar surface area (TPSA) is 40.5 Å². The molecule has 0 rings (SSSR count). The Morgan fingerprint density at radius 3 is 2.44 bits per heavy atom. The normalized spacial score (nSPS) is 12.4. The van der Waals surface area contributed by atoms with Gasteiger partial charge in [-0.15, -0.1) is 0 Å². The summed E-state index contributed by atoms with van der Waals surface area (Å²) in [7, 11) is 0. The van der Waals surface area contributed by atoms with Gasteiger partial charge in [0.05, 0.1) is 6.10 Å². The minimum absolute atomic E-state index is 0.0183. The van der Waals surface area contributed by atoms with E-state index in [1.165, 1.54) is 0 Å². The van der Waals surface area contributed by atoms with Crippen LogP contribution in [0, 0.1) is 23.7 Å². The predicted molar refractivity (Wildman–Crippen MR) is 66.4 cm³/mol. The Bertz CT molecular complexity index is 367. The quantitative estimate of drug-likeness (QED) is 0.551. The van der Waals surface area contributed by atoms with Crippen LogP contribution in [0.2, 0.25) is 0 Å². The monoisotopic (exact) mass is 216 g/mol. The largest absolute Gasteiger partial charge is 0.396 e. The fourth-order valence-corrected chi connectivity index (χ4v) is 0.763. The minimum Gasteiger partial charge on any atom is -0.396 e. The highest BCUT2D eigenvalue weighted by molar-refractivity contribution is 5.34. The highest BCUT2D eigenvalue weighted by Crippen LogP contribution is 1.91. The van der Waals surface area contributed by atoms with Gasteiger partial charge in [0, 0.05) is 6.61 Å². The third-order valence-corrected chi connectivity index (χ3v) is 1.51. The molecule has 2 N–H and O–H groups in total. The number of rotatable bonds is 4. The van der Waals surface area contributed by atoms with Crippen molar-refractivity contribution < 1.29 is 10.2 Å². The zero-order chi connectivity index (χ0) is 12.1. The molecular formula is C14H16O2. The van der Waals surface area contributed by atoms with E-state index >= 15 is 0 Å². The van der Waals surface area contributed by atoms with E-state index in [0.717, 1.165) is 0 Å². The van der Waals surface area contributed by atoms with Gasteiger partial charge in [-0.25, -0.2) is 0 Å². The number of allylic oxidation sites excluding steroid dienone is 5. The van der Waals surface area contributed by atoms with Gasteiger partial charge in [-0.3, -0.25) is 0 Å². The lowest BCUT2D eigenvalue weighted by Crippen LogP contribution is -2.03. The minimum atomic E-state index is -0.600. The second-order valence-electron chi connectivity index (χ2n) is 2.86. The second-order valence-corrected chi connectivity index (χ2v) is 2.86. The summed E-state index contributed by atoms with van der Waals surface area (Å²) in [6, 6.07) is 0. The highest BCUT2D eigenvalue weighted by Gasteiger charge is 1.93. The fraction of sp³-hybridized carbons (Fsp3) is 0.286. The number of hydrogen-bond donors (Lipinski definition) is 2. The van der Waals surface area contributed by atoms with Gasteiger partial charge in [0.15, 0.2) is 0 Å². The maximum Gasteiger partial charge on any atom is 0.0745 e. The van der Waals surface area contributed by atoms with Gasteiger partial charge in [0.25, 0.3) is 0 Å². The van der Waals surface area contributed by atoms with Crippen molar-refractivity contribution in [2.24, 2.45) is 0 Å². The van der Waals surface area contributed by atoms with Crippen LogP contribution in [0.25, 0.3) is 0 Å². The summed E-state index contributed by atoms with van der Waals surface area (Å²) in [6.45, 7) is 1.88. The molecule has 0 radical (unpaired) electrons. The van der Waals surface area contributed by atoms with Gasteiger partial charge < -0.3 is 10.2 Å². The van der Waals surface area contributed by atoms with E-state index in [4.69, 9.17) is 5.11 Å². The van der Waals surface area contributed by atoms with E-state index in [2.05, 4.69) is 23.7 Å². The summed E-state index contributed by atoms with van der Waals surface area (Å²) < 4.78 is 0. The van der Waals surface area contributed by atoms with E-state index < -0.39 is 6.10 Å². The molecule has 16 heavy (non-hydrogen) atoms. The molecule has 1 unspecified atom stereocenters. The van der Waals surface area contributed by atoms with Crippen LogP contribution >= 0.6 is 0 Å². The zero-order valence-corrected chi connectivity index (χ0v) is 9.35. The summed E-state index contributed by atoms with van der Waals surface area (Å²) in [6.07, 6.45) is 9.97. The second kappa shape index (κ2) is 11.3. The summed E-state index contributed by atoms with van der Waals surface area (Å²) in [5.41, 5.74) is 0. The summed E-state index contributed by atoms with van der Waals surface area (Å²) in [4.78, 5) is 0. The van der Waals surface area contributed by atoms with Crippen LogP contribution in [0.5, 0.6) is 0 Å². The van der Waals surface area contributed by atoms with Gasteiger partial charge >= 0.3 is 0 Å². The molecule has 0 aliphatic rings. The molecule has 84 valence electrons. The third kappa shape index (κ3) is 10.3. The third-order valence-electron chi connectivity index (χ3n) is 1.51. The lowest BCUT2D eigenvalue weighted by Gasteiger charge is -1.98. The molecule has 0 aliphatic carbocycles. The molecule has 0 saturated carbocycles. The summed E-state index contributed by atoms with van der Waals surface area (Å²) >= 11 is 0. The average Bonchev–Trinajstić information content (AvgIpc) is 2.27. The Morgan fingerprint density at radius 2 is 1.81 bits per heavy atom. The van der Waals surface area contributed by atoms with E-state index in [0.29, 0.717) is 6.42 Å². The molecule has 0 aliphatic heterocycles. The smallest absolute Gasteiger partial charge is 0.0745 e. The van der Waals surface area contributed by atoms with Crippen molar-refractivity contribution in [3.63, 3.8) is 0 Å². The van der Waals surface area contributed by atoms with E-state index in [1.807, 2.05) is 13.0 Å². The molecule has 0 amide bonds. The van der Waals surface area contributed by atoms with Crippen LogP contribution in [0.1, 0.15) is 13.3 Å². The molecular weight excluding hydrogens is 200 g/mol. The van der Waals surface area contributed by atoms with Crippen LogP contribution in [0.4, 0.5) is 0 Å². The maximum absolute atomic E-state index is 9.20. The van der Waals surface area contributed by atoms with Crippen LogP contribution in [-0.2, 0) is 0 Å². The van der Waals surface area contributed by atoms with Crippen LogP contribution < -0.4 is 0 Å². The van der Waals surface area contributed by atoms with Crippen molar-refractivity contribution >= 4 is 0 Å². The van der Waals surface area contributed by atoms with Gasteiger partial charge in [-0.2, -0.15) is 0 Å². The maximum atomic E-state index is 9.20. The van der Waals surface area contributed by atoms with Crippen molar-refractivity contribution in [2.75, 3.05) is 6.61 Å². The molecule has 0 aromatic heterocycles. The number of aliphatic hydroxyl groups excluding tert-OH is 2. The number of hydrogen-bond acceptors (Lipinski definition) is 2. The molecule has 2 nitrogen and oxygen atoms in total. The first-order chi connectivity index (χ1) is 7.81. The standard InChI is InChI=1S/C14H16O2/c1-2-3-4-5-6-7-8-9-10-11-14(16)12-13-15/h2-3,8-11,14-16H,12-13H2,1H3/b3-2+,9-8+,11-10+. The van der Waals surface area contributed by atoms with Crippen LogP contribution in [0.3, 0.4) is 0 Å². The molecule has 0 fully saturated rings. The number of aliphatic hydroxyl groups is 2. The molecule has 0 aromatic carbocycles. The molecule has 1 atom stereocenters. The van der Waals surface area contributed by atoms with E-state index in [9.17, 15) is 5.11 Å². The molecule has 0 aromatic rings. The predicted octanol–water partition coefficient (Wildman–Crippen LogP) is 1.42. The average molecular weight is 216 g/mol. The molecule has 2 heteroatoms. The first kappa shape index (κ1) is 14.3. The Hall–Kier alpha value is -1.74. The van der Waals surface area contributed by atoms with Crippen LogP contribution in [-0.4, -0.2) is 22.9 Å². The van der Waals surface area contributed by atoms with Crippen LogP contribution in [0.15, 0.2) is 36.5 Å². The molecule has 0 bridgehead atoms. The molecule has 0 spiro atoms. The van der Waals surface area contributed by atoms with E-state index in [1.54, 1.807) is 30.4 Å². The lowest BCUT2D eigenvalue weighted by molar-refractivity contribution is 0.170. The SMILES string of the molecule is C/C=C/C#CC#C/C=C/C=C/C(O)CCO. The Labute approximate surface area is 97.0 Å². The first-order valence-corrected chi connectivity index (χ1v) is 5.05. The summed E-state index contributed by atoms with van der Waals surface area (Å²) in [5, 5.41) is 17.7. The van der Waals surface area contributed by atoms with Crippen molar-refractivity contribution in [1.29, 1.82) is 0 Å². The van der Waals surface area contributed by atoms with Crippen molar-refractivity contribution in [2.45, 2.75) is 19.4 Å². The Kier molecular flexibility index (Phi) is 10.1. The highest BCUT2D eigenvalue weighted by atomic mass is 16.3. The van der Waals surface area contributed by atoms with Gasteiger partial charge in [0.1, 0.15) is 0 Å². The summed E-state index contributed by atoms with van der Waals surface area (Å²) in [5.74, 6) is 10.8. The van der Waals surface area contributed by atoms with Crippen molar-refractivity contribution in [1.82, 2.24) is 0 Å². The van der Waals surface area contributed by atoms with Gasteiger partial charge in [0.2, 0.25) is 0 Å². The van der Waals surface area contributed by atoms with Crippen molar-refractivity contribution in [3.05, 3.63) is 36.5 Å². The van der Waals surface area contributed by atoms with Crippen molar-refractivity contribution in [3.8, 4) is 23.7 Å². The van der Waals surface area contributed by atoms with E-state index in [-0.39, 0.29) is 6.61 Å². The van der Waals surface area contributed by atoms with Gasteiger partial charge in [-0.05, 0) is 37.3 Å². The Balaban J connectivity index is 3.90. The first-order valence-electron chi connectivity index (χ1n) is 5.05. The lowest BCUT2D eigenvalue weighted by atomic mass is 10.2. The zero-order valence-electron chi connectivity index (χ0n) is 9.35. The fourth-order valence-electron chi connectivity index (χ4n) is 0.763. The van der Waals surface area contributed by atoms with Gasteiger partial charge in [-0.1, -0.05) is 36.1 Å². The molecule has 0 saturated heterocycles. The molecule has 0 heterocycles.